The summed E-state index contributed by atoms with van der Waals surface area (Å²) in [5, 5.41) is 0. The number of aryl methyl sites for hydroxylation is 4. The molecule has 0 saturated carbocycles. The number of aromatic nitrogens is 8. The molecule has 0 atom stereocenters. The van der Waals surface area contributed by atoms with Crippen molar-refractivity contribution < 1.29 is 31.3 Å². The van der Waals surface area contributed by atoms with Crippen LogP contribution in [0.1, 0.15) is 35.5 Å². The molecule has 16 heteroatoms. The van der Waals surface area contributed by atoms with E-state index in [0.29, 0.717) is 0 Å². The van der Waals surface area contributed by atoms with Crippen molar-refractivity contribution in [2.45, 2.75) is 12.2 Å². The molecule has 0 aliphatic heterocycles. The van der Waals surface area contributed by atoms with E-state index >= 15 is 0 Å². The first-order valence-electron chi connectivity index (χ1n) is 15.6. The summed E-state index contributed by atoms with van der Waals surface area (Å²) in [4.78, 5) is 19.0. The van der Waals surface area contributed by atoms with Crippen LogP contribution in [0, 0.1) is 0 Å². The second-order valence-corrected chi connectivity index (χ2v) is 21.4. The van der Waals surface area contributed by atoms with Crippen LogP contribution in [-0.4, -0.2) is 52.4 Å². The Morgan fingerprint density at radius 1 is 0.423 bits per heavy atom. The normalized spacial score (nSPS) is 11.3. The Labute approximate surface area is 342 Å². The van der Waals surface area contributed by atoms with E-state index < -0.39 is 0 Å². The minimum absolute atomic E-state index is 0.315. The first-order chi connectivity index (χ1) is 25.2. The van der Waals surface area contributed by atoms with E-state index in [0.717, 1.165) is 67.4 Å². The number of rotatable bonds is 6. The van der Waals surface area contributed by atoms with Crippen molar-refractivity contribution in [2.24, 2.45) is 28.2 Å². The summed E-state index contributed by atoms with van der Waals surface area (Å²) in [7, 11) is 13.9. The third-order valence-electron chi connectivity index (χ3n) is 8.70. The standard InChI is InChI=1S/2C18H18N4O.4BrH.2Ni/c2*1-21-14-10-6-4-8-12(14)19-17(21)16(23-3)18-20-13-9-5-7-11-15(13)22(18)2;;;;;;/h2*4-11,16H,1-3H3;4*1H;;/q;;;;;;2*+2/p-4. The van der Waals surface area contributed by atoms with Gasteiger partial charge in [0.2, 0.25) is 0 Å². The van der Waals surface area contributed by atoms with Gasteiger partial charge >= 0.3 is 78.7 Å². The molecule has 280 valence electrons. The summed E-state index contributed by atoms with van der Waals surface area (Å²) in [5.41, 5.74) is 8.20. The fraction of sp³-hybridized carbons (Fsp3) is 0.222. The van der Waals surface area contributed by atoms with Crippen molar-refractivity contribution in [3.05, 3.63) is 120 Å². The molecule has 10 nitrogen and oxygen atoms in total. The molecule has 0 unspecified atom stereocenters. The molecule has 8 aromatic rings. The molecule has 8 rings (SSSR count). The number of halogens is 4. The molecule has 0 aliphatic carbocycles. The molecule has 4 heterocycles. The molecule has 0 spiro atoms. The van der Waals surface area contributed by atoms with Crippen molar-refractivity contribution in [1.82, 2.24) is 38.2 Å². The Kier molecular flexibility index (Phi) is 15.1. The fourth-order valence-electron chi connectivity index (χ4n) is 6.25. The zero-order valence-electron chi connectivity index (χ0n) is 28.9. The van der Waals surface area contributed by atoms with Crippen molar-refractivity contribution in [3.63, 3.8) is 0 Å². The third kappa shape index (κ3) is 8.60. The van der Waals surface area contributed by atoms with Gasteiger partial charge in [-0.2, -0.15) is 0 Å². The van der Waals surface area contributed by atoms with Crippen molar-refractivity contribution in [3.8, 4) is 0 Å². The average Bonchev–Trinajstić information content (AvgIpc) is 3.89. The SMILES string of the molecule is COC(c1nc2ccccc2n1C)c1nc2ccccc2n1C.COC(c1nc2ccccc2n1C)c1nc2ccccc2n1C.[Br][Ni][Br].[Br][Ni][Br]. The number of imidazole rings is 4. The summed E-state index contributed by atoms with van der Waals surface area (Å²) < 4.78 is 19.8. The van der Waals surface area contributed by atoms with E-state index in [4.69, 9.17) is 29.4 Å². The van der Waals surface area contributed by atoms with Crippen LogP contribution in [0.2, 0.25) is 0 Å². The number of hydrogen-bond donors (Lipinski definition) is 0. The molecular weight excluding hydrogens is 1010 g/mol. The second-order valence-electron chi connectivity index (χ2n) is 11.4. The summed E-state index contributed by atoms with van der Waals surface area (Å²) in [6.45, 7) is 0. The minimum atomic E-state index is -0.315. The van der Waals surface area contributed by atoms with E-state index in [9.17, 15) is 0 Å². The monoisotopic (exact) mass is 1040 g/mol. The molecule has 0 N–H and O–H groups in total. The number of hydrogen-bond acceptors (Lipinski definition) is 6. The predicted molar refractivity (Wildman–Crippen MR) is 216 cm³/mol. The van der Waals surface area contributed by atoms with Gasteiger partial charge in [-0.25, -0.2) is 19.9 Å². The van der Waals surface area contributed by atoms with Gasteiger partial charge in [0.05, 0.1) is 44.1 Å². The van der Waals surface area contributed by atoms with Crippen LogP contribution in [0.15, 0.2) is 97.1 Å². The van der Waals surface area contributed by atoms with E-state index in [2.05, 4.69) is 99.4 Å². The molecule has 0 fully saturated rings. The Morgan fingerprint density at radius 2 is 0.615 bits per heavy atom. The van der Waals surface area contributed by atoms with Crippen LogP contribution in [-0.2, 0) is 59.5 Å². The summed E-state index contributed by atoms with van der Waals surface area (Å²) >= 11 is 12.0. The van der Waals surface area contributed by atoms with Gasteiger partial charge in [-0.15, -0.1) is 0 Å². The Hall–Kier alpha value is -2.41. The first-order valence-corrected chi connectivity index (χ1v) is 25.4. The van der Waals surface area contributed by atoms with Gasteiger partial charge in [0.15, 0.2) is 12.2 Å². The van der Waals surface area contributed by atoms with Gasteiger partial charge in [-0.1, -0.05) is 48.5 Å². The molecule has 52 heavy (non-hydrogen) atoms. The number of para-hydroxylation sites is 8. The average molecular weight is 1050 g/mol. The molecule has 0 radical (unpaired) electrons. The third-order valence-corrected chi connectivity index (χ3v) is 8.70. The van der Waals surface area contributed by atoms with E-state index in [-0.39, 0.29) is 12.2 Å². The quantitative estimate of drug-likeness (QED) is 0.154. The van der Waals surface area contributed by atoms with Crippen LogP contribution in [0.4, 0.5) is 0 Å². The summed E-state index contributed by atoms with van der Waals surface area (Å²) in [6.07, 6.45) is -0.630. The van der Waals surface area contributed by atoms with Gasteiger partial charge < -0.3 is 27.7 Å². The number of fused-ring (bicyclic) bond motifs is 4. The molecular formula is C36H36Br4N8Ni2O2. The van der Waals surface area contributed by atoms with Crippen molar-refractivity contribution >= 4 is 101 Å². The van der Waals surface area contributed by atoms with E-state index in [1.54, 1.807) is 14.2 Å². The molecule has 4 aromatic heterocycles. The van der Waals surface area contributed by atoms with Gasteiger partial charge in [0.1, 0.15) is 23.3 Å². The number of nitrogens with zero attached hydrogens (tertiary/aromatic N) is 8. The second kappa shape index (κ2) is 19.3. The topological polar surface area (TPSA) is 89.7 Å². The number of ether oxygens (including phenoxy) is 2. The number of benzene rings is 4. The maximum absolute atomic E-state index is 5.78. The molecule has 0 saturated heterocycles. The Balaban J connectivity index is 0.000000175. The van der Waals surface area contributed by atoms with Gasteiger partial charge in [0.25, 0.3) is 0 Å². The zero-order valence-corrected chi connectivity index (χ0v) is 37.3. The van der Waals surface area contributed by atoms with Crippen LogP contribution < -0.4 is 0 Å². The Bertz CT molecular complexity index is 2070. The maximum atomic E-state index is 5.78. The van der Waals surface area contributed by atoms with Crippen LogP contribution in [0.3, 0.4) is 0 Å². The van der Waals surface area contributed by atoms with E-state index in [1.165, 1.54) is 21.8 Å². The number of methoxy groups -OCH3 is 2. The van der Waals surface area contributed by atoms with Crippen LogP contribution in [0.5, 0.6) is 0 Å². The van der Waals surface area contributed by atoms with Gasteiger partial charge in [-0.3, -0.25) is 0 Å². The predicted octanol–water partition coefficient (Wildman–Crippen LogP) is 9.77. The molecule has 4 aromatic carbocycles. The van der Waals surface area contributed by atoms with Crippen molar-refractivity contribution in [2.75, 3.05) is 14.2 Å². The first kappa shape index (κ1) is 40.8. The molecule has 0 amide bonds. The van der Waals surface area contributed by atoms with Crippen LogP contribution >= 0.6 is 56.9 Å². The van der Waals surface area contributed by atoms with Crippen molar-refractivity contribution in [1.29, 1.82) is 0 Å². The Morgan fingerprint density at radius 3 is 0.788 bits per heavy atom. The molecule has 0 bridgehead atoms. The molecule has 0 aliphatic rings. The van der Waals surface area contributed by atoms with Crippen LogP contribution in [0.25, 0.3) is 44.1 Å². The van der Waals surface area contributed by atoms with E-state index in [1.807, 2.05) is 101 Å². The van der Waals surface area contributed by atoms with Gasteiger partial charge in [0, 0.05) is 42.4 Å². The summed E-state index contributed by atoms with van der Waals surface area (Å²) in [6, 6.07) is 32.4. The van der Waals surface area contributed by atoms with Gasteiger partial charge in [-0.05, 0) is 48.5 Å². The zero-order chi connectivity index (χ0) is 37.4. The fourth-order valence-corrected chi connectivity index (χ4v) is 6.25. The summed E-state index contributed by atoms with van der Waals surface area (Å²) in [5.74, 6) is 3.42.